The number of hydrogen-bond donors (Lipinski definition) is 2. The lowest BCUT2D eigenvalue weighted by molar-refractivity contribution is -0.139. The number of ether oxygens (including phenoxy) is 1. The predicted octanol–water partition coefficient (Wildman–Crippen LogP) is 3.59. The van der Waals surface area contributed by atoms with Gasteiger partial charge in [-0.05, 0) is 38.0 Å². The Morgan fingerprint density at radius 2 is 1.86 bits per heavy atom. The van der Waals surface area contributed by atoms with Crippen LogP contribution in [0.25, 0.3) is 0 Å². The van der Waals surface area contributed by atoms with E-state index in [9.17, 15) is 14.4 Å². The molecule has 0 aliphatic carbocycles. The van der Waals surface area contributed by atoms with Crippen molar-refractivity contribution in [2.45, 2.75) is 47.1 Å². The van der Waals surface area contributed by atoms with Crippen LogP contribution in [-0.2, 0) is 14.3 Å². The van der Waals surface area contributed by atoms with Crippen LogP contribution in [0.4, 0.5) is 10.5 Å². The first kappa shape index (κ1) is 21.5. The molecule has 28 heavy (non-hydrogen) atoms. The first-order chi connectivity index (χ1) is 13.3. The van der Waals surface area contributed by atoms with Gasteiger partial charge in [0, 0.05) is 23.8 Å². The fourth-order valence-electron chi connectivity index (χ4n) is 3.04. The predicted molar refractivity (Wildman–Crippen MR) is 108 cm³/mol. The second kappa shape index (κ2) is 9.39. The number of allylic oxidation sites excluding steroid dienone is 1. The molecular formula is C21H29N3O4. The van der Waals surface area contributed by atoms with Crippen LogP contribution in [0.3, 0.4) is 0 Å². The van der Waals surface area contributed by atoms with Crippen LogP contribution in [0.1, 0.15) is 52.6 Å². The first-order valence-electron chi connectivity index (χ1n) is 9.66. The SMILES string of the molecule is CCCN1C(=O)N[C@H](c2ccc(NC(=O)C(C)C)cc2)C(C(=O)OCC)=C1C. The maximum absolute atomic E-state index is 12.6. The second-order valence-corrected chi connectivity index (χ2v) is 7.02. The molecule has 0 radical (unpaired) electrons. The lowest BCUT2D eigenvalue weighted by atomic mass is 9.94. The third-order valence-corrected chi connectivity index (χ3v) is 4.57. The Labute approximate surface area is 166 Å². The fraction of sp³-hybridized carbons (Fsp3) is 0.476. The maximum atomic E-state index is 12.6. The van der Waals surface area contributed by atoms with Crippen molar-refractivity contribution in [3.05, 3.63) is 41.1 Å². The quantitative estimate of drug-likeness (QED) is 0.700. The van der Waals surface area contributed by atoms with Gasteiger partial charge in [0.1, 0.15) is 0 Å². The molecule has 1 aliphatic rings. The Morgan fingerprint density at radius 1 is 1.21 bits per heavy atom. The highest BCUT2D eigenvalue weighted by Crippen LogP contribution is 2.32. The zero-order valence-corrected chi connectivity index (χ0v) is 17.2. The maximum Gasteiger partial charge on any atom is 0.338 e. The minimum Gasteiger partial charge on any atom is -0.463 e. The number of carbonyl (C=O) groups excluding carboxylic acids is 3. The Bertz CT molecular complexity index is 768. The van der Waals surface area contributed by atoms with Gasteiger partial charge in [0.25, 0.3) is 0 Å². The smallest absolute Gasteiger partial charge is 0.338 e. The molecule has 152 valence electrons. The first-order valence-corrected chi connectivity index (χ1v) is 9.66. The van der Waals surface area contributed by atoms with E-state index in [0.717, 1.165) is 12.0 Å². The van der Waals surface area contributed by atoms with Gasteiger partial charge in [-0.1, -0.05) is 32.9 Å². The third-order valence-electron chi connectivity index (χ3n) is 4.57. The summed E-state index contributed by atoms with van der Waals surface area (Å²) in [4.78, 5) is 38.6. The topological polar surface area (TPSA) is 87.7 Å². The van der Waals surface area contributed by atoms with Gasteiger partial charge in [0.15, 0.2) is 0 Å². The molecule has 2 rings (SSSR count). The largest absolute Gasteiger partial charge is 0.463 e. The molecule has 0 spiro atoms. The Hall–Kier alpha value is -2.83. The van der Waals surface area contributed by atoms with Crippen molar-refractivity contribution >= 4 is 23.6 Å². The van der Waals surface area contributed by atoms with Gasteiger partial charge in [-0.2, -0.15) is 0 Å². The monoisotopic (exact) mass is 387 g/mol. The minimum atomic E-state index is -0.602. The van der Waals surface area contributed by atoms with Crippen LogP contribution in [-0.4, -0.2) is 36.0 Å². The second-order valence-electron chi connectivity index (χ2n) is 7.02. The molecule has 1 aromatic rings. The number of hydrogen-bond acceptors (Lipinski definition) is 4. The summed E-state index contributed by atoms with van der Waals surface area (Å²) in [6.45, 7) is 9.91. The summed E-state index contributed by atoms with van der Waals surface area (Å²) in [6, 6.07) is 6.27. The number of amides is 3. The molecule has 7 heteroatoms. The van der Waals surface area contributed by atoms with Crippen LogP contribution in [0, 0.1) is 5.92 Å². The van der Waals surface area contributed by atoms with Gasteiger partial charge in [0.05, 0.1) is 18.2 Å². The molecule has 3 amide bonds. The number of urea groups is 1. The van der Waals surface area contributed by atoms with E-state index in [1.165, 1.54) is 0 Å². The van der Waals surface area contributed by atoms with Crippen molar-refractivity contribution in [1.29, 1.82) is 0 Å². The normalized spacial score (nSPS) is 16.9. The zero-order chi connectivity index (χ0) is 20.8. The van der Waals surface area contributed by atoms with E-state index in [-0.39, 0.29) is 24.5 Å². The van der Waals surface area contributed by atoms with Gasteiger partial charge < -0.3 is 15.4 Å². The van der Waals surface area contributed by atoms with E-state index in [2.05, 4.69) is 10.6 Å². The summed E-state index contributed by atoms with van der Waals surface area (Å²) in [7, 11) is 0. The van der Waals surface area contributed by atoms with Crippen molar-refractivity contribution in [3.63, 3.8) is 0 Å². The summed E-state index contributed by atoms with van der Waals surface area (Å²) in [6.07, 6.45) is 0.774. The van der Waals surface area contributed by atoms with Gasteiger partial charge in [-0.3, -0.25) is 9.69 Å². The number of esters is 1. The number of anilines is 1. The van der Waals surface area contributed by atoms with E-state index >= 15 is 0 Å². The van der Waals surface area contributed by atoms with E-state index < -0.39 is 12.0 Å². The molecular weight excluding hydrogens is 358 g/mol. The molecule has 0 unspecified atom stereocenters. The number of nitrogens with zero attached hydrogens (tertiary/aromatic N) is 1. The third kappa shape index (κ3) is 4.71. The fourth-order valence-corrected chi connectivity index (χ4v) is 3.04. The van der Waals surface area contributed by atoms with Crippen molar-refractivity contribution in [3.8, 4) is 0 Å². The lowest BCUT2D eigenvalue weighted by Crippen LogP contribution is -2.48. The molecule has 0 saturated heterocycles. The van der Waals surface area contributed by atoms with Crippen molar-refractivity contribution in [2.75, 3.05) is 18.5 Å². The molecule has 0 fully saturated rings. The summed E-state index contributed by atoms with van der Waals surface area (Å²) >= 11 is 0. The highest BCUT2D eigenvalue weighted by Gasteiger charge is 2.36. The molecule has 2 N–H and O–H groups in total. The summed E-state index contributed by atoms with van der Waals surface area (Å²) in [5.41, 5.74) is 2.44. The standard InChI is InChI=1S/C21H29N3O4/c1-6-12-24-14(5)17(20(26)28-7-2)18(23-21(24)27)15-8-10-16(11-9-15)22-19(25)13(3)4/h8-11,13,18H,6-7,12H2,1-5H3,(H,22,25)(H,23,27)/t18-/m1/s1. The highest BCUT2D eigenvalue weighted by molar-refractivity contribution is 5.95. The van der Waals surface area contributed by atoms with Gasteiger partial charge in [0.2, 0.25) is 5.91 Å². The summed E-state index contributed by atoms with van der Waals surface area (Å²) in [5, 5.41) is 5.74. The Morgan fingerprint density at radius 3 is 2.39 bits per heavy atom. The summed E-state index contributed by atoms with van der Waals surface area (Å²) in [5.74, 6) is -0.636. The average Bonchev–Trinajstić information content (AvgIpc) is 2.65. The van der Waals surface area contributed by atoms with E-state index in [1.54, 1.807) is 43.0 Å². The minimum absolute atomic E-state index is 0.0723. The van der Waals surface area contributed by atoms with Crippen LogP contribution in [0.5, 0.6) is 0 Å². The number of carbonyl (C=O) groups is 3. The van der Waals surface area contributed by atoms with E-state index in [1.807, 2.05) is 20.8 Å². The molecule has 0 bridgehead atoms. The molecule has 1 aliphatic heterocycles. The van der Waals surface area contributed by atoms with Crippen molar-refractivity contribution in [2.24, 2.45) is 5.92 Å². The van der Waals surface area contributed by atoms with Gasteiger partial charge >= 0.3 is 12.0 Å². The molecule has 0 aromatic heterocycles. The van der Waals surface area contributed by atoms with Crippen LogP contribution < -0.4 is 10.6 Å². The molecule has 1 atom stereocenters. The Balaban J connectivity index is 2.37. The zero-order valence-electron chi connectivity index (χ0n) is 17.2. The van der Waals surface area contributed by atoms with E-state index in [0.29, 0.717) is 23.5 Å². The van der Waals surface area contributed by atoms with E-state index in [4.69, 9.17) is 4.74 Å². The number of benzene rings is 1. The molecule has 7 nitrogen and oxygen atoms in total. The van der Waals surface area contributed by atoms with Gasteiger partial charge in [-0.25, -0.2) is 9.59 Å². The average molecular weight is 387 g/mol. The van der Waals surface area contributed by atoms with Gasteiger partial charge in [-0.15, -0.1) is 0 Å². The van der Waals surface area contributed by atoms with Crippen molar-refractivity contribution < 1.29 is 19.1 Å². The molecule has 0 saturated carbocycles. The number of nitrogens with one attached hydrogen (secondary N) is 2. The van der Waals surface area contributed by atoms with Crippen molar-refractivity contribution in [1.82, 2.24) is 10.2 Å². The molecule has 1 aromatic carbocycles. The summed E-state index contributed by atoms with van der Waals surface area (Å²) < 4.78 is 5.24. The lowest BCUT2D eigenvalue weighted by Gasteiger charge is -2.35. The number of rotatable bonds is 7. The van der Waals surface area contributed by atoms with Crippen LogP contribution in [0.2, 0.25) is 0 Å². The Kier molecular flexibility index (Phi) is 7.20. The van der Waals surface area contributed by atoms with Crippen LogP contribution >= 0.6 is 0 Å². The van der Waals surface area contributed by atoms with Crippen LogP contribution in [0.15, 0.2) is 35.5 Å². The highest BCUT2D eigenvalue weighted by atomic mass is 16.5. The molecule has 1 heterocycles.